The first-order chi connectivity index (χ1) is 17.0. The highest BCUT2D eigenvalue weighted by atomic mass is 19.1. The average Bonchev–Trinajstić information content (AvgIpc) is 3.40. The summed E-state index contributed by atoms with van der Waals surface area (Å²) in [5.74, 6) is -1.08. The van der Waals surface area contributed by atoms with E-state index >= 15 is 0 Å². The van der Waals surface area contributed by atoms with Crippen LogP contribution in [0.5, 0.6) is 0 Å². The van der Waals surface area contributed by atoms with E-state index in [0.29, 0.717) is 30.1 Å². The molecule has 2 aromatic carbocycles. The van der Waals surface area contributed by atoms with Crippen molar-refractivity contribution in [3.05, 3.63) is 65.2 Å². The Morgan fingerprint density at radius 1 is 1.03 bits per heavy atom. The van der Waals surface area contributed by atoms with Gasteiger partial charge in [-0.2, -0.15) is 0 Å². The molecule has 0 saturated carbocycles. The summed E-state index contributed by atoms with van der Waals surface area (Å²) in [6, 6.07) is 10.4. The average molecular weight is 476 g/mol. The Kier molecular flexibility index (Phi) is 5.36. The number of carbonyl (C=O) groups excluding carboxylic acids is 3. The van der Waals surface area contributed by atoms with Crippen LogP contribution < -0.4 is 5.32 Å². The van der Waals surface area contributed by atoms with Gasteiger partial charge in [-0.1, -0.05) is 12.1 Å². The number of hydrogen-bond donors (Lipinski definition) is 1. The van der Waals surface area contributed by atoms with Crippen LogP contribution in [-0.4, -0.2) is 56.2 Å². The van der Waals surface area contributed by atoms with Crippen molar-refractivity contribution in [2.24, 2.45) is 0 Å². The predicted octanol–water partition coefficient (Wildman–Crippen LogP) is 2.77. The van der Waals surface area contributed by atoms with Gasteiger partial charge in [0.15, 0.2) is 0 Å². The van der Waals surface area contributed by atoms with Gasteiger partial charge < -0.3 is 9.47 Å². The van der Waals surface area contributed by atoms with E-state index < -0.39 is 6.04 Å². The van der Waals surface area contributed by atoms with Crippen molar-refractivity contribution < 1.29 is 18.8 Å². The van der Waals surface area contributed by atoms with Gasteiger partial charge in [-0.3, -0.25) is 24.6 Å². The molecule has 0 spiro atoms. The molecule has 0 radical (unpaired) electrons. The lowest BCUT2D eigenvalue weighted by Crippen LogP contribution is -2.52. The molecule has 0 aliphatic carbocycles. The molecule has 3 aliphatic heterocycles. The number of likely N-dealkylation sites (tertiary alicyclic amines) is 1. The Morgan fingerprint density at radius 2 is 1.86 bits per heavy atom. The van der Waals surface area contributed by atoms with Crippen LogP contribution in [0.4, 0.5) is 4.39 Å². The lowest BCUT2D eigenvalue weighted by Gasteiger charge is -2.33. The number of fused-ring (bicyclic) bond motifs is 2. The fourth-order valence-electron chi connectivity index (χ4n) is 5.64. The second-order valence-electron chi connectivity index (χ2n) is 9.68. The van der Waals surface area contributed by atoms with Crippen LogP contribution in [0.25, 0.3) is 11.0 Å². The van der Waals surface area contributed by atoms with Gasteiger partial charge in [0.05, 0.1) is 17.4 Å². The summed E-state index contributed by atoms with van der Waals surface area (Å²) in [7, 11) is 0. The lowest BCUT2D eigenvalue weighted by atomic mass is 10.0. The van der Waals surface area contributed by atoms with Crippen LogP contribution in [0.3, 0.4) is 0 Å². The number of halogens is 1. The third-order valence-electron chi connectivity index (χ3n) is 7.48. The van der Waals surface area contributed by atoms with Gasteiger partial charge >= 0.3 is 0 Å². The minimum Gasteiger partial charge on any atom is -0.327 e. The van der Waals surface area contributed by atoms with Crippen molar-refractivity contribution in [3.63, 3.8) is 0 Å². The number of aromatic nitrogens is 2. The van der Waals surface area contributed by atoms with E-state index in [1.165, 1.54) is 12.1 Å². The summed E-state index contributed by atoms with van der Waals surface area (Å²) in [5.41, 5.74) is 4.37. The SMILES string of the molecule is O=C1CCC(N2Cc3cc(CN4CCC(n5cnc6cc(F)ccc65)CC4)ccc3C2=O)C(=O)N1. The second kappa shape index (κ2) is 8.57. The van der Waals surface area contributed by atoms with Gasteiger partial charge in [0.25, 0.3) is 5.91 Å². The van der Waals surface area contributed by atoms with E-state index in [4.69, 9.17) is 0 Å². The van der Waals surface area contributed by atoms with Gasteiger partial charge in [-0.15, -0.1) is 0 Å². The zero-order valence-electron chi connectivity index (χ0n) is 19.2. The summed E-state index contributed by atoms with van der Waals surface area (Å²) in [6.07, 6.45) is 4.40. The molecule has 4 heterocycles. The normalized spacial score (nSPS) is 21.6. The molecule has 6 rings (SSSR count). The first kappa shape index (κ1) is 21.9. The largest absolute Gasteiger partial charge is 0.327 e. The van der Waals surface area contributed by atoms with E-state index in [1.807, 2.05) is 18.5 Å². The van der Waals surface area contributed by atoms with Crippen LogP contribution in [0.2, 0.25) is 0 Å². The Balaban J connectivity index is 1.10. The zero-order chi connectivity index (χ0) is 24.1. The highest BCUT2D eigenvalue weighted by Gasteiger charge is 2.39. The fourth-order valence-corrected chi connectivity index (χ4v) is 5.64. The van der Waals surface area contributed by atoms with E-state index in [2.05, 4.69) is 25.8 Å². The highest BCUT2D eigenvalue weighted by molar-refractivity contribution is 6.05. The van der Waals surface area contributed by atoms with Crippen molar-refractivity contribution in [2.45, 2.75) is 50.9 Å². The van der Waals surface area contributed by atoms with Crippen molar-refractivity contribution >= 4 is 28.8 Å². The minimum absolute atomic E-state index is 0.144. The van der Waals surface area contributed by atoms with Crippen LogP contribution in [-0.2, 0) is 22.7 Å². The first-order valence-corrected chi connectivity index (χ1v) is 12.1. The third-order valence-corrected chi connectivity index (χ3v) is 7.48. The number of nitrogens with zero attached hydrogens (tertiary/aromatic N) is 4. The molecule has 3 aromatic rings. The maximum Gasteiger partial charge on any atom is 0.255 e. The number of piperidine rings is 2. The molecule has 8 nitrogen and oxygen atoms in total. The Bertz CT molecular complexity index is 1340. The van der Waals surface area contributed by atoms with Crippen LogP contribution >= 0.6 is 0 Å². The topological polar surface area (TPSA) is 87.5 Å². The Labute approximate surface area is 201 Å². The second-order valence-corrected chi connectivity index (χ2v) is 9.68. The molecule has 3 aliphatic rings. The maximum atomic E-state index is 13.5. The van der Waals surface area contributed by atoms with Gasteiger partial charge in [-0.05, 0) is 48.6 Å². The predicted molar refractivity (Wildman–Crippen MR) is 126 cm³/mol. The van der Waals surface area contributed by atoms with Crippen molar-refractivity contribution in [3.8, 4) is 0 Å². The Hall–Kier alpha value is -3.59. The minimum atomic E-state index is -0.592. The summed E-state index contributed by atoms with van der Waals surface area (Å²) < 4.78 is 15.7. The molecule has 180 valence electrons. The van der Waals surface area contributed by atoms with Crippen molar-refractivity contribution in [1.82, 2.24) is 24.7 Å². The van der Waals surface area contributed by atoms with Crippen LogP contribution in [0.15, 0.2) is 42.7 Å². The van der Waals surface area contributed by atoms with Crippen LogP contribution in [0.1, 0.15) is 53.2 Å². The number of nitrogens with one attached hydrogen (secondary N) is 1. The Morgan fingerprint density at radius 3 is 2.66 bits per heavy atom. The van der Waals surface area contributed by atoms with Gasteiger partial charge in [0.2, 0.25) is 11.8 Å². The number of amides is 3. The molecule has 35 heavy (non-hydrogen) atoms. The standard InChI is InChI=1S/C26H26FN5O3/c27-18-2-4-22-21(12-18)28-15-32(22)19-7-9-30(10-8-19)13-16-1-3-20-17(11-16)14-31(26(20)35)23-5-6-24(33)29-25(23)34/h1-4,11-12,15,19,23H,5-10,13-14H2,(H,29,33,34). The third kappa shape index (κ3) is 3.99. The number of imidazole rings is 1. The van der Waals surface area contributed by atoms with Gasteiger partial charge in [-0.25, -0.2) is 9.37 Å². The smallest absolute Gasteiger partial charge is 0.255 e. The maximum absolute atomic E-state index is 13.5. The number of rotatable bonds is 4. The number of benzene rings is 2. The molecule has 0 bridgehead atoms. The number of carbonyl (C=O) groups is 3. The van der Waals surface area contributed by atoms with E-state index in [-0.39, 0.29) is 30.0 Å². The molecule has 2 saturated heterocycles. The van der Waals surface area contributed by atoms with Crippen molar-refractivity contribution in [2.75, 3.05) is 13.1 Å². The molecule has 2 fully saturated rings. The van der Waals surface area contributed by atoms with Crippen molar-refractivity contribution in [1.29, 1.82) is 0 Å². The van der Waals surface area contributed by atoms with E-state index in [0.717, 1.165) is 49.1 Å². The summed E-state index contributed by atoms with van der Waals surface area (Å²) in [4.78, 5) is 45.0. The molecule has 9 heteroatoms. The molecule has 1 N–H and O–H groups in total. The summed E-state index contributed by atoms with van der Waals surface area (Å²) >= 11 is 0. The molecular weight excluding hydrogens is 449 g/mol. The highest BCUT2D eigenvalue weighted by Crippen LogP contribution is 2.30. The lowest BCUT2D eigenvalue weighted by molar-refractivity contribution is -0.136. The number of imide groups is 1. The zero-order valence-corrected chi connectivity index (χ0v) is 19.2. The first-order valence-electron chi connectivity index (χ1n) is 12.1. The summed E-state index contributed by atoms with van der Waals surface area (Å²) in [5, 5.41) is 2.34. The quantitative estimate of drug-likeness (QED) is 0.587. The molecular formula is C26H26FN5O3. The monoisotopic (exact) mass is 475 g/mol. The fraction of sp³-hybridized carbons (Fsp3) is 0.385. The molecule has 1 aromatic heterocycles. The van der Waals surface area contributed by atoms with E-state index in [9.17, 15) is 18.8 Å². The van der Waals surface area contributed by atoms with Crippen LogP contribution in [0, 0.1) is 5.82 Å². The number of hydrogen-bond acceptors (Lipinski definition) is 5. The summed E-state index contributed by atoms with van der Waals surface area (Å²) in [6.45, 7) is 3.06. The molecule has 1 unspecified atom stereocenters. The van der Waals surface area contributed by atoms with Gasteiger partial charge in [0.1, 0.15) is 11.9 Å². The molecule has 3 amide bonds. The van der Waals surface area contributed by atoms with E-state index in [1.54, 1.807) is 11.0 Å². The molecule has 1 atom stereocenters. The van der Waals surface area contributed by atoms with Gasteiger partial charge in [0, 0.05) is 50.3 Å².